The Morgan fingerprint density at radius 3 is 2.55 bits per heavy atom. The van der Waals surface area contributed by atoms with Gasteiger partial charge in [-0.15, -0.1) is 0 Å². The van der Waals surface area contributed by atoms with E-state index in [1.54, 1.807) is 18.3 Å². The van der Waals surface area contributed by atoms with E-state index in [4.69, 9.17) is 42.4 Å². The van der Waals surface area contributed by atoms with Crippen LogP contribution >= 0.6 is 23.2 Å². The van der Waals surface area contributed by atoms with Crippen molar-refractivity contribution in [1.29, 1.82) is 0 Å². The second kappa shape index (κ2) is 12.6. The quantitative estimate of drug-likeness (QED) is 0.230. The van der Waals surface area contributed by atoms with Crippen LogP contribution in [0, 0.1) is 5.92 Å². The van der Waals surface area contributed by atoms with E-state index in [0.29, 0.717) is 71.2 Å². The maximum absolute atomic E-state index is 14.1. The lowest BCUT2D eigenvalue weighted by molar-refractivity contribution is -0.116. The number of fused-ring (bicyclic) bond motifs is 1. The summed E-state index contributed by atoms with van der Waals surface area (Å²) in [6.07, 6.45) is 3.89. The van der Waals surface area contributed by atoms with E-state index in [2.05, 4.69) is 22.2 Å². The summed E-state index contributed by atoms with van der Waals surface area (Å²) < 4.78 is 44.8. The number of carbonyl (C=O) groups is 1. The average molecular weight is 622 g/mol. The molecule has 0 radical (unpaired) electrons. The summed E-state index contributed by atoms with van der Waals surface area (Å²) in [5.74, 6) is -1.10. The standard InChI is InChI=1S/C30H32Cl2F2N4O4/c1-4-19(39)9-16-6-8-42-15-22(16)37-25-11-20-17(14-35-25)10-21(38-29(20)36-18-5-7-30(33,34)13-18)26-27(31)23(40-2)12-24(41-3)28(26)32/h4,10-12,14,16,18,22H,1,5-9,13,15H2,2-3H3,(H,35,37)(H,36,38)/t16-,18?,22-/m1/s1. The molecule has 2 fully saturated rings. The SMILES string of the molecule is C=CC(=O)C[C@H]1CCOC[C@H]1Nc1cc2c(NC3CCC(F)(F)C3)nc(-c3c(Cl)c(OC)cc(OC)c3Cl)cc2cn1. The highest BCUT2D eigenvalue weighted by molar-refractivity contribution is 6.41. The van der Waals surface area contributed by atoms with Crippen molar-refractivity contribution in [1.82, 2.24) is 9.97 Å². The first-order chi connectivity index (χ1) is 20.1. The number of pyridine rings is 2. The van der Waals surface area contributed by atoms with Gasteiger partial charge in [-0.3, -0.25) is 4.79 Å². The summed E-state index contributed by atoms with van der Waals surface area (Å²) in [6, 6.07) is 4.55. The van der Waals surface area contributed by atoms with Gasteiger partial charge < -0.3 is 24.8 Å². The monoisotopic (exact) mass is 620 g/mol. The summed E-state index contributed by atoms with van der Waals surface area (Å²) in [5, 5.41) is 8.47. The minimum atomic E-state index is -2.75. The number of hydrogen-bond acceptors (Lipinski definition) is 8. The molecular weight excluding hydrogens is 589 g/mol. The van der Waals surface area contributed by atoms with E-state index in [9.17, 15) is 13.6 Å². The molecule has 1 saturated carbocycles. The predicted molar refractivity (Wildman–Crippen MR) is 160 cm³/mol. The van der Waals surface area contributed by atoms with E-state index < -0.39 is 12.0 Å². The van der Waals surface area contributed by atoms with Crippen LogP contribution in [-0.2, 0) is 9.53 Å². The van der Waals surface area contributed by atoms with Crippen LogP contribution in [0.15, 0.2) is 37.1 Å². The maximum Gasteiger partial charge on any atom is 0.250 e. The van der Waals surface area contributed by atoms with Crippen molar-refractivity contribution in [2.45, 2.75) is 50.1 Å². The number of alkyl halides is 2. The number of halogens is 4. The topological polar surface area (TPSA) is 94.6 Å². The van der Waals surface area contributed by atoms with E-state index in [1.807, 2.05) is 6.07 Å². The highest BCUT2D eigenvalue weighted by atomic mass is 35.5. The Morgan fingerprint density at radius 1 is 1.17 bits per heavy atom. The van der Waals surface area contributed by atoms with E-state index in [1.165, 1.54) is 20.3 Å². The zero-order chi connectivity index (χ0) is 30.0. The third kappa shape index (κ3) is 6.40. The first-order valence-corrected chi connectivity index (χ1v) is 14.4. The van der Waals surface area contributed by atoms with Gasteiger partial charge in [0.15, 0.2) is 5.78 Å². The fourth-order valence-electron chi connectivity index (χ4n) is 5.56. The smallest absolute Gasteiger partial charge is 0.250 e. The molecule has 2 aliphatic rings. The Balaban J connectivity index is 1.57. The van der Waals surface area contributed by atoms with Gasteiger partial charge in [0.25, 0.3) is 0 Å². The summed E-state index contributed by atoms with van der Waals surface area (Å²) in [6.45, 7) is 4.58. The molecule has 2 aromatic heterocycles. The third-order valence-electron chi connectivity index (χ3n) is 7.81. The fraction of sp³-hybridized carbons (Fsp3) is 0.433. The first-order valence-electron chi connectivity index (χ1n) is 13.7. The van der Waals surface area contributed by atoms with Gasteiger partial charge >= 0.3 is 0 Å². The van der Waals surface area contributed by atoms with E-state index in [-0.39, 0.29) is 40.6 Å². The van der Waals surface area contributed by atoms with Gasteiger partial charge in [-0.1, -0.05) is 29.8 Å². The lowest BCUT2D eigenvalue weighted by atomic mass is 9.89. The maximum atomic E-state index is 14.1. The molecule has 1 aromatic carbocycles. The number of nitrogens with one attached hydrogen (secondary N) is 2. The molecule has 1 unspecified atom stereocenters. The number of methoxy groups -OCH3 is 2. The zero-order valence-electron chi connectivity index (χ0n) is 23.3. The van der Waals surface area contributed by atoms with Crippen molar-refractivity contribution in [2.24, 2.45) is 5.92 Å². The minimum Gasteiger partial charge on any atom is -0.495 e. The summed E-state index contributed by atoms with van der Waals surface area (Å²) in [7, 11) is 2.96. The van der Waals surface area contributed by atoms with Crippen LogP contribution in [0.4, 0.5) is 20.4 Å². The number of anilines is 2. The number of benzene rings is 1. The molecule has 8 nitrogen and oxygen atoms in total. The molecule has 2 N–H and O–H groups in total. The van der Waals surface area contributed by atoms with Crippen molar-refractivity contribution in [2.75, 3.05) is 38.1 Å². The van der Waals surface area contributed by atoms with Crippen molar-refractivity contribution < 1.29 is 27.8 Å². The number of aromatic nitrogens is 2. The molecule has 1 saturated heterocycles. The first kappa shape index (κ1) is 30.3. The van der Waals surface area contributed by atoms with Crippen LogP contribution in [0.25, 0.3) is 22.0 Å². The zero-order valence-corrected chi connectivity index (χ0v) is 24.8. The van der Waals surface area contributed by atoms with Crippen LogP contribution < -0.4 is 20.1 Å². The van der Waals surface area contributed by atoms with Gasteiger partial charge in [0, 0.05) is 60.5 Å². The number of hydrogen-bond donors (Lipinski definition) is 2. The number of nitrogens with zero attached hydrogens (tertiary/aromatic N) is 2. The lowest BCUT2D eigenvalue weighted by Gasteiger charge is -2.32. The molecule has 0 spiro atoms. The van der Waals surface area contributed by atoms with Gasteiger partial charge in [0.1, 0.15) is 23.1 Å². The summed E-state index contributed by atoms with van der Waals surface area (Å²) in [4.78, 5) is 21.5. The molecule has 3 heterocycles. The molecule has 1 aliphatic carbocycles. The number of rotatable bonds is 10. The van der Waals surface area contributed by atoms with Gasteiger partial charge in [-0.25, -0.2) is 18.7 Å². The van der Waals surface area contributed by atoms with Crippen molar-refractivity contribution >= 4 is 51.4 Å². The van der Waals surface area contributed by atoms with Crippen LogP contribution in [-0.4, -0.2) is 61.2 Å². The van der Waals surface area contributed by atoms with Crippen molar-refractivity contribution in [3.8, 4) is 22.8 Å². The van der Waals surface area contributed by atoms with Gasteiger partial charge in [0.05, 0.1) is 42.6 Å². The minimum absolute atomic E-state index is 0.0248. The largest absolute Gasteiger partial charge is 0.495 e. The summed E-state index contributed by atoms with van der Waals surface area (Å²) in [5.41, 5.74) is 0.778. The third-order valence-corrected chi connectivity index (χ3v) is 8.56. The Labute approximate surface area is 252 Å². The second-order valence-corrected chi connectivity index (χ2v) is 11.4. The van der Waals surface area contributed by atoms with Crippen molar-refractivity contribution in [3.05, 3.63) is 47.1 Å². The fourth-order valence-corrected chi connectivity index (χ4v) is 6.25. The summed E-state index contributed by atoms with van der Waals surface area (Å²) >= 11 is 13.4. The highest BCUT2D eigenvalue weighted by Crippen LogP contribution is 2.47. The van der Waals surface area contributed by atoms with Crippen LogP contribution in [0.3, 0.4) is 0 Å². The Kier molecular flexibility index (Phi) is 9.05. The molecule has 0 amide bonds. The van der Waals surface area contributed by atoms with Crippen LogP contribution in [0.5, 0.6) is 11.5 Å². The van der Waals surface area contributed by atoms with Crippen LogP contribution in [0.2, 0.25) is 10.0 Å². The molecule has 3 atom stereocenters. The number of allylic oxidation sites excluding steroid dienone is 1. The molecule has 224 valence electrons. The van der Waals surface area contributed by atoms with E-state index in [0.717, 1.165) is 6.42 Å². The predicted octanol–water partition coefficient (Wildman–Crippen LogP) is 7.18. The number of carbonyl (C=O) groups excluding carboxylic acids is 1. The van der Waals surface area contributed by atoms with Crippen molar-refractivity contribution in [3.63, 3.8) is 0 Å². The van der Waals surface area contributed by atoms with Gasteiger partial charge in [-0.2, -0.15) is 0 Å². The molecule has 42 heavy (non-hydrogen) atoms. The molecule has 5 rings (SSSR count). The van der Waals surface area contributed by atoms with Crippen LogP contribution in [0.1, 0.15) is 32.1 Å². The average Bonchev–Trinajstić information content (AvgIpc) is 3.32. The highest BCUT2D eigenvalue weighted by Gasteiger charge is 2.39. The normalized spacial score (nSPS) is 21.6. The Morgan fingerprint density at radius 2 is 1.90 bits per heavy atom. The molecule has 3 aromatic rings. The number of ether oxygens (including phenoxy) is 3. The molecular formula is C30H32Cl2F2N4O4. The second-order valence-electron chi connectivity index (χ2n) is 10.6. The number of ketones is 1. The Hall–Kier alpha value is -3.21. The van der Waals surface area contributed by atoms with Gasteiger partial charge in [-0.05, 0) is 37.0 Å². The lowest BCUT2D eigenvalue weighted by Crippen LogP contribution is -2.39. The van der Waals surface area contributed by atoms with Gasteiger partial charge in [0.2, 0.25) is 5.92 Å². The van der Waals surface area contributed by atoms with E-state index >= 15 is 0 Å². The molecule has 0 bridgehead atoms. The molecule has 1 aliphatic heterocycles. The molecule has 12 heteroatoms. The Bertz CT molecular complexity index is 1480.